The lowest BCUT2D eigenvalue weighted by molar-refractivity contribution is 0.0653. The summed E-state index contributed by atoms with van der Waals surface area (Å²) in [5.74, 6) is 1.29. The van der Waals surface area contributed by atoms with Crippen molar-refractivity contribution in [1.82, 2.24) is 4.90 Å². The normalized spacial score (nSPS) is 14.4. The van der Waals surface area contributed by atoms with Gasteiger partial charge in [-0.1, -0.05) is 43.3 Å². The monoisotopic (exact) mass is 418 g/mol. The zero-order valence-corrected chi connectivity index (χ0v) is 18.9. The Morgan fingerprint density at radius 2 is 1.77 bits per heavy atom. The molecule has 31 heavy (non-hydrogen) atoms. The number of fused-ring (bicyclic) bond motifs is 2. The van der Waals surface area contributed by atoms with Gasteiger partial charge >= 0.3 is 0 Å². The van der Waals surface area contributed by atoms with E-state index >= 15 is 0 Å². The maximum atomic E-state index is 13.6. The van der Waals surface area contributed by atoms with Crippen LogP contribution in [0.1, 0.15) is 34.8 Å². The Balaban J connectivity index is 1.73. The highest BCUT2D eigenvalue weighted by Crippen LogP contribution is 2.36. The number of nitrogens with zero attached hydrogens (tertiary/aromatic N) is 2. The summed E-state index contributed by atoms with van der Waals surface area (Å²) in [6, 6.07) is 16.5. The van der Waals surface area contributed by atoms with Gasteiger partial charge in [0.1, 0.15) is 6.17 Å². The van der Waals surface area contributed by atoms with Gasteiger partial charge < -0.3 is 19.3 Å². The van der Waals surface area contributed by atoms with E-state index in [-0.39, 0.29) is 12.1 Å². The molecule has 0 spiro atoms. The minimum Gasteiger partial charge on any atom is -0.493 e. The molecule has 0 N–H and O–H groups in total. The maximum Gasteiger partial charge on any atom is 0.255 e. The Labute approximate surface area is 184 Å². The Kier molecular flexibility index (Phi) is 5.77. The Hall–Kier alpha value is -3.21. The molecule has 5 heteroatoms. The number of amides is 1. The van der Waals surface area contributed by atoms with E-state index in [1.165, 1.54) is 22.0 Å². The van der Waals surface area contributed by atoms with E-state index in [0.29, 0.717) is 23.6 Å². The standard InChI is InChI=1S/C26H30N2O3/c1-6-24(27(3)25-17(2)11-12-18-9-7-8-10-20(18)25)28-14-13-19-15-22(30-4)23(31-5)16-21(19)26(28)29/h7-12,15-16,24H,6,13-14H2,1-5H3. The Bertz CT molecular complexity index is 1130. The summed E-state index contributed by atoms with van der Waals surface area (Å²) in [6.07, 6.45) is 1.58. The molecule has 3 aromatic carbocycles. The fourth-order valence-electron chi connectivity index (χ4n) is 4.79. The second kappa shape index (κ2) is 8.50. The third-order valence-electron chi connectivity index (χ3n) is 6.35. The van der Waals surface area contributed by atoms with Crippen LogP contribution in [0.15, 0.2) is 48.5 Å². The smallest absolute Gasteiger partial charge is 0.255 e. The first kappa shape index (κ1) is 21.0. The highest BCUT2D eigenvalue weighted by atomic mass is 16.5. The van der Waals surface area contributed by atoms with Gasteiger partial charge in [-0.2, -0.15) is 0 Å². The molecule has 4 rings (SSSR count). The lowest BCUT2D eigenvalue weighted by Crippen LogP contribution is -2.52. The van der Waals surface area contributed by atoms with Crippen molar-refractivity contribution in [3.05, 3.63) is 65.2 Å². The van der Waals surface area contributed by atoms with Gasteiger partial charge in [0, 0.05) is 30.2 Å². The zero-order chi connectivity index (χ0) is 22.1. The van der Waals surface area contributed by atoms with E-state index in [4.69, 9.17) is 9.47 Å². The number of aryl methyl sites for hydroxylation is 1. The van der Waals surface area contributed by atoms with E-state index in [1.807, 2.05) is 17.0 Å². The van der Waals surface area contributed by atoms with Gasteiger partial charge in [0.15, 0.2) is 11.5 Å². The van der Waals surface area contributed by atoms with E-state index in [2.05, 4.69) is 62.2 Å². The number of anilines is 1. The SMILES string of the molecule is CCC(N1CCc2cc(OC)c(OC)cc2C1=O)N(C)c1c(C)ccc2ccccc12. The van der Waals surface area contributed by atoms with Crippen molar-refractivity contribution in [2.45, 2.75) is 32.9 Å². The van der Waals surface area contributed by atoms with E-state index < -0.39 is 0 Å². The molecule has 1 amide bonds. The molecule has 1 aliphatic rings. The van der Waals surface area contributed by atoms with Gasteiger partial charge in [0.05, 0.1) is 14.2 Å². The van der Waals surface area contributed by atoms with Crippen LogP contribution in [0.3, 0.4) is 0 Å². The molecular formula is C26H30N2O3. The van der Waals surface area contributed by atoms with Gasteiger partial charge in [-0.05, 0) is 48.4 Å². The molecule has 3 aromatic rings. The van der Waals surface area contributed by atoms with E-state index in [9.17, 15) is 4.79 Å². The zero-order valence-electron chi connectivity index (χ0n) is 18.9. The van der Waals surface area contributed by atoms with Gasteiger partial charge in [-0.3, -0.25) is 4.79 Å². The summed E-state index contributed by atoms with van der Waals surface area (Å²) in [7, 11) is 5.32. The third kappa shape index (κ3) is 3.58. The number of methoxy groups -OCH3 is 2. The van der Waals surface area contributed by atoms with Crippen LogP contribution in [-0.2, 0) is 6.42 Å². The molecule has 0 aromatic heterocycles. The number of benzene rings is 3. The molecule has 0 saturated carbocycles. The highest BCUT2D eigenvalue weighted by molar-refractivity contribution is 5.99. The molecule has 1 unspecified atom stereocenters. The number of carbonyl (C=O) groups is 1. The summed E-state index contributed by atoms with van der Waals surface area (Å²) < 4.78 is 10.9. The average molecular weight is 419 g/mol. The number of carbonyl (C=O) groups excluding carboxylic acids is 1. The number of hydrogen-bond acceptors (Lipinski definition) is 4. The van der Waals surface area contributed by atoms with Crippen molar-refractivity contribution in [3.63, 3.8) is 0 Å². The van der Waals surface area contributed by atoms with Gasteiger partial charge in [0.25, 0.3) is 5.91 Å². The number of ether oxygens (including phenoxy) is 2. The van der Waals surface area contributed by atoms with Crippen molar-refractivity contribution >= 4 is 22.4 Å². The molecule has 0 fully saturated rings. The summed E-state index contributed by atoms with van der Waals surface area (Å²) in [6.45, 7) is 4.95. The van der Waals surface area contributed by atoms with Crippen LogP contribution in [-0.4, -0.2) is 44.8 Å². The molecule has 162 valence electrons. The second-order valence-electron chi connectivity index (χ2n) is 8.06. The van der Waals surface area contributed by atoms with Crippen LogP contribution in [0.25, 0.3) is 10.8 Å². The Morgan fingerprint density at radius 1 is 1.06 bits per heavy atom. The molecule has 1 atom stereocenters. The number of hydrogen-bond donors (Lipinski definition) is 0. The molecule has 0 bridgehead atoms. The molecule has 1 heterocycles. The predicted molar refractivity (Wildman–Crippen MR) is 125 cm³/mol. The fourth-order valence-corrected chi connectivity index (χ4v) is 4.79. The minimum absolute atomic E-state index is 0.0405. The molecule has 5 nitrogen and oxygen atoms in total. The lowest BCUT2D eigenvalue weighted by atomic mass is 9.96. The van der Waals surface area contributed by atoms with Gasteiger partial charge in [-0.15, -0.1) is 0 Å². The topological polar surface area (TPSA) is 42.0 Å². The minimum atomic E-state index is -0.0433. The van der Waals surface area contributed by atoms with Crippen LogP contribution in [0, 0.1) is 6.92 Å². The molecule has 0 radical (unpaired) electrons. The molecule has 1 aliphatic heterocycles. The van der Waals surface area contributed by atoms with Crippen LogP contribution in [0.5, 0.6) is 11.5 Å². The first-order chi connectivity index (χ1) is 15.0. The van der Waals surface area contributed by atoms with Crippen LogP contribution >= 0.6 is 0 Å². The lowest BCUT2D eigenvalue weighted by Gasteiger charge is -2.41. The maximum absolute atomic E-state index is 13.6. The highest BCUT2D eigenvalue weighted by Gasteiger charge is 2.33. The van der Waals surface area contributed by atoms with Gasteiger partial charge in [0.2, 0.25) is 0 Å². The summed E-state index contributed by atoms with van der Waals surface area (Å²) in [4.78, 5) is 17.8. The van der Waals surface area contributed by atoms with Crippen molar-refractivity contribution < 1.29 is 14.3 Å². The summed E-state index contributed by atoms with van der Waals surface area (Å²) in [5.41, 5.74) is 4.09. The predicted octanol–water partition coefficient (Wildman–Crippen LogP) is 5.04. The first-order valence-electron chi connectivity index (χ1n) is 10.8. The summed E-state index contributed by atoms with van der Waals surface area (Å²) in [5, 5.41) is 2.41. The van der Waals surface area contributed by atoms with Crippen molar-refractivity contribution in [3.8, 4) is 11.5 Å². The van der Waals surface area contributed by atoms with Crippen LogP contribution in [0.4, 0.5) is 5.69 Å². The van der Waals surface area contributed by atoms with Crippen LogP contribution < -0.4 is 14.4 Å². The van der Waals surface area contributed by atoms with Crippen molar-refractivity contribution in [2.75, 3.05) is 32.7 Å². The average Bonchev–Trinajstić information content (AvgIpc) is 2.80. The molecule has 0 saturated heterocycles. The number of rotatable bonds is 6. The largest absolute Gasteiger partial charge is 0.493 e. The van der Waals surface area contributed by atoms with Crippen molar-refractivity contribution in [2.24, 2.45) is 0 Å². The van der Waals surface area contributed by atoms with Crippen molar-refractivity contribution in [1.29, 1.82) is 0 Å². The fraction of sp³-hybridized carbons (Fsp3) is 0.346. The van der Waals surface area contributed by atoms with E-state index in [0.717, 1.165) is 18.4 Å². The second-order valence-corrected chi connectivity index (χ2v) is 8.06. The van der Waals surface area contributed by atoms with E-state index in [1.54, 1.807) is 14.2 Å². The molecular weight excluding hydrogens is 388 g/mol. The summed E-state index contributed by atoms with van der Waals surface area (Å²) >= 11 is 0. The third-order valence-corrected chi connectivity index (χ3v) is 6.35. The molecule has 0 aliphatic carbocycles. The van der Waals surface area contributed by atoms with Crippen LogP contribution in [0.2, 0.25) is 0 Å². The first-order valence-corrected chi connectivity index (χ1v) is 10.8. The quantitative estimate of drug-likeness (QED) is 0.563. The Morgan fingerprint density at radius 3 is 2.48 bits per heavy atom. The van der Waals surface area contributed by atoms with Gasteiger partial charge in [-0.25, -0.2) is 0 Å².